The van der Waals surface area contributed by atoms with E-state index in [1.807, 2.05) is 26.8 Å². The number of carbonyl (C=O) groups is 1. The zero-order valence-corrected chi connectivity index (χ0v) is 16.2. The smallest absolute Gasteiger partial charge is 0.410 e. The van der Waals surface area contributed by atoms with E-state index in [9.17, 15) is 4.79 Å². The van der Waals surface area contributed by atoms with Crippen LogP contribution in [0.15, 0.2) is 18.2 Å². The predicted molar refractivity (Wildman–Crippen MR) is 100 cm³/mol. The van der Waals surface area contributed by atoms with E-state index in [1.54, 1.807) is 4.90 Å². The van der Waals surface area contributed by atoms with Gasteiger partial charge in [-0.15, -0.1) is 0 Å². The Bertz CT molecular complexity index is 678. The van der Waals surface area contributed by atoms with Crippen LogP contribution in [0.2, 0.25) is 0 Å². The molecule has 1 aromatic carbocycles. The van der Waals surface area contributed by atoms with E-state index in [-0.39, 0.29) is 6.09 Å². The van der Waals surface area contributed by atoms with E-state index in [0.29, 0.717) is 19.1 Å². The van der Waals surface area contributed by atoms with Crippen molar-refractivity contribution in [1.82, 2.24) is 9.80 Å². The topological polar surface area (TPSA) is 41.8 Å². The van der Waals surface area contributed by atoms with Crippen LogP contribution < -0.4 is 4.74 Å². The average molecular weight is 358 g/mol. The molecule has 2 fully saturated rings. The first-order valence-electron chi connectivity index (χ1n) is 9.84. The van der Waals surface area contributed by atoms with Crippen LogP contribution in [-0.4, -0.2) is 53.8 Å². The van der Waals surface area contributed by atoms with Gasteiger partial charge in [0.05, 0.1) is 6.04 Å². The molecular weight excluding hydrogens is 328 g/mol. The summed E-state index contributed by atoms with van der Waals surface area (Å²) >= 11 is 0. The van der Waals surface area contributed by atoms with Crippen molar-refractivity contribution in [2.24, 2.45) is 5.92 Å². The normalized spacial score (nSPS) is 24.8. The molecule has 1 saturated carbocycles. The van der Waals surface area contributed by atoms with Gasteiger partial charge in [0.25, 0.3) is 0 Å². The SMILES string of the molecule is CC(C)(C)OC(=O)N1CCc2c(cccc2OCC2CN2CC2CC2)C1. The fourth-order valence-electron chi connectivity index (χ4n) is 3.62. The van der Waals surface area contributed by atoms with Crippen LogP contribution in [0.1, 0.15) is 44.7 Å². The van der Waals surface area contributed by atoms with Crippen molar-refractivity contribution in [2.75, 3.05) is 26.2 Å². The van der Waals surface area contributed by atoms with Crippen LogP contribution >= 0.6 is 0 Å². The highest BCUT2D eigenvalue weighted by Gasteiger charge is 2.38. The molecule has 0 bridgehead atoms. The Kier molecular flexibility index (Phi) is 4.59. The van der Waals surface area contributed by atoms with Crippen molar-refractivity contribution in [3.63, 3.8) is 0 Å². The lowest BCUT2D eigenvalue weighted by Gasteiger charge is -2.31. The molecule has 2 unspecified atom stereocenters. The van der Waals surface area contributed by atoms with Gasteiger partial charge in [-0.1, -0.05) is 12.1 Å². The minimum atomic E-state index is -0.459. The van der Waals surface area contributed by atoms with Crippen molar-refractivity contribution in [3.8, 4) is 5.75 Å². The molecule has 2 atom stereocenters. The zero-order valence-electron chi connectivity index (χ0n) is 16.2. The number of ether oxygens (including phenoxy) is 2. The summed E-state index contributed by atoms with van der Waals surface area (Å²) in [6.07, 6.45) is 3.40. The number of hydrogen-bond donors (Lipinski definition) is 0. The summed E-state index contributed by atoms with van der Waals surface area (Å²) in [4.78, 5) is 16.6. The molecule has 0 spiro atoms. The number of carbonyl (C=O) groups excluding carboxylic acids is 1. The van der Waals surface area contributed by atoms with Gasteiger partial charge < -0.3 is 14.4 Å². The molecular formula is C21H30N2O3. The largest absolute Gasteiger partial charge is 0.492 e. The summed E-state index contributed by atoms with van der Waals surface area (Å²) in [5.74, 6) is 1.94. The number of amides is 1. The summed E-state index contributed by atoms with van der Waals surface area (Å²) in [6.45, 7) is 10.2. The number of rotatable bonds is 5. The van der Waals surface area contributed by atoms with Crippen LogP contribution in [-0.2, 0) is 17.7 Å². The molecule has 1 saturated heterocycles. The van der Waals surface area contributed by atoms with Gasteiger partial charge >= 0.3 is 6.09 Å². The third-order valence-corrected chi connectivity index (χ3v) is 5.32. The predicted octanol–water partition coefficient (Wildman–Crippen LogP) is 3.45. The second-order valence-corrected chi connectivity index (χ2v) is 8.91. The van der Waals surface area contributed by atoms with Crippen LogP contribution in [0.4, 0.5) is 4.79 Å². The maximum absolute atomic E-state index is 12.3. The van der Waals surface area contributed by atoms with Gasteiger partial charge in [0, 0.05) is 31.7 Å². The molecule has 4 rings (SSSR count). The van der Waals surface area contributed by atoms with Crippen molar-refractivity contribution in [2.45, 2.75) is 58.2 Å². The highest BCUT2D eigenvalue weighted by atomic mass is 16.6. The second kappa shape index (κ2) is 6.76. The van der Waals surface area contributed by atoms with Gasteiger partial charge in [0.15, 0.2) is 0 Å². The van der Waals surface area contributed by atoms with Crippen molar-refractivity contribution < 1.29 is 14.3 Å². The highest BCUT2D eigenvalue weighted by Crippen LogP contribution is 2.34. The number of nitrogens with zero attached hydrogens (tertiary/aromatic N) is 2. The Morgan fingerprint density at radius 1 is 1.27 bits per heavy atom. The third kappa shape index (κ3) is 4.32. The Morgan fingerprint density at radius 3 is 2.81 bits per heavy atom. The Hall–Kier alpha value is -1.75. The molecule has 5 heteroatoms. The second-order valence-electron chi connectivity index (χ2n) is 8.91. The Morgan fingerprint density at radius 2 is 2.08 bits per heavy atom. The fraction of sp³-hybridized carbons (Fsp3) is 0.667. The summed E-state index contributed by atoms with van der Waals surface area (Å²) < 4.78 is 11.7. The van der Waals surface area contributed by atoms with Crippen LogP contribution in [0.25, 0.3) is 0 Å². The minimum absolute atomic E-state index is 0.233. The number of hydrogen-bond acceptors (Lipinski definition) is 4. The Labute approximate surface area is 156 Å². The van der Waals surface area contributed by atoms with Gasteiger partial charge in [-0.3, -0.25) is 4.90 Å². The van der Waals surface area contributed by atoms with Gasteiger partial charge in [-0.05, 0) is 57.6 Å². The van der Waals surface area contributed by atoms with E-state index in [1.165, 1.54) is 37.1 Å². The minimum Gasteiger partial charge on any atom is -0.492 e. The van der Waals surface area contributed by atoms with Crippen LogP contribution in [0, 0.1) is 5.92 Å². The molecule has 1 amide bonds. The summed E-state index contributed by atoms with van der Waals surface area (Å²) in [7, 11) is 0. The number of benzene rings is 1. The lowest BCUT2D eigenvalue weighted by Crippen LogP contribution is -2.40. The first kappa shape index (κ1) is 17.7. The molecule has 2 heterocycles. The van der Waals surface area contributed by atoms with E-state index >= 15 is 0 Å². The van der Waals surface area contributed by atoms with Gasteiger partial charge in [0.2, 0.25) is 0 Å². The van der Waals surface area contributed by atoms with Crippen molar-refractivity contribution in [3.05, 3.63) is 29.3 Å². The fourth-order valence-corrected chi connectivity index (χ4v) is 3.62. The third-order valence-electron chi connectivity index (χ3n) is 5.32. The van der Waals surface area contributed by atoms with E-state index in [4.69, 9.17) is 9.47 Å². The quantitative estimate of drug-likeness (QED) is 0.756. The molecule has 0 aromatic heterocycles. The lowest BCUT2D eigenvalue weighted by molar-refractivity contribution is 0.0223. The summed E-state index contributed by atoms with van der Waals surface area (Å²) in [5.41, 5.74) is 1.96. The average Bonchev–Trinajstić information content (AvgIpc) is 3.50. The first-order valence-corrected chi connectivity index (χ1v) is 9.84. The standard InChI is InChI=1S/C21H30N2O3/c1-21(2,3)26-20(24)22-10-9-18-16(12-22)5-4-6-19(18)25-14-17-13-23(17)11-15-7-8-15/h4-6,15,17H,7-14H2,1-3H3. The van der Waals surface area contributed by atoms with Crippen molar-refractivity contribution in [1.29, 1.82) is 0 Å². The summed E-state index contributed by atoms with van der Waals surface area (Å²) in [6, 6.07) is 6.78. The molecule has 0 radical (unpaired) electrons. The van der Waals surface area contributed by atoms with E-state index in [0.717, 1.165) is 24.7 Å². The number of fused-ring (bicyclic) bond motifs is 1. The van der Waals surface area contributed by atoms with E-state index in [2.05, 4.69) is 17.0 Å². The van der Waals surface area contributed by atoms with Gasteiger partial charge in [-0.25, -0.2) is 4.79 Å². The maximum atomic E-state index is 12.3. The van der Waals surface area contributed by atoms with Gasteiger partial charge in [-0.2, -0.15) is 0 Å². The first-order chi connectivity index (χ1) is 12.4. The lowest BCUT2D eigenvalue weighted by atomic mass is 9.99. The van der Waals surface area contributed by atoms with Crippen LogP contribution in [0.5, 0.6) is 5.75 Å². The Balaban J connectivity index is 1.34. The highest BCUT2D eigenvalue weighted by molar-refractivity contribution is 5.69. The molecule has 3 aliphatic rings. The molecule has 142 valence electrons. The zero-order chi connectivity index (χ0) is 18.3. The summed E-state index contributed by atoms with van der Waals surface area (Å²) in [5, 5.41) is 0. The molecule has 1 aromatic rings. The monoisotopic (exact) mass is 358 g/mol. The van der Waals surface area contributed by atoms with E-state index < -0.39 is 5.60 Å². The van der Waals surface area contributed by atoms with Crippen molar-refractivity contribution >= 4 is 6.09 Å². The molecule has 5 nitrogen and oxygen atoms in total. The molecule has 2 aliphatic heterocycles. The molecule has 26 heavy (non-hydrogen) atoms. The van der Waals surface area contributed by atoms with Crippen LogP contribution in [0.3, 0.4) is 0 Å². The molecule has 1 aliphatic carbocycles. The maximum Gasteiger partial charge on any atom is 0.410 e. The molecule has 0 N–H and O–H groups in total. The van der Waals surface area contributed by atoms with Gasteiger partial charge in [0.1, 0.15) is 18.0 Å².